The van der Waals surface area contributed by atoms with Gasteiger partial charge in [0, 0.05) is 16.5 Å². The van der Waals surface area contributed by atoms with Crippen molar-refractivity contribution in [1.29, 1.82) is 0 Å². The topological polar surface area (TPSA) is 64.1 Å². The van der Waals surface area contributed by atoms with Crippen molar-refractivity contribution in [3.8, 4) is 16.9 Å². The summed E-state index contributed by atoms with van der Waals surface area (Å²) in [7, 11) is 1.58. The summed E-state index contributed by atoms with van der Waals surface area (Å²) >= 11 is 1.30. The molecule has 0 saturated carbocycles. The first kappa shape index (κ1) is 18.2. The predicted molar refractivity (Wildman–Crippen MR) is 109 cm³/mol. The van der Waals surface area contributed by atoms with E-state index in [9.17, 15) is 14.0 Å². The van der Waals surface area contributed by atoms with Crippen molar-refractivity contribution in [3.63, 3.8) is 0 Å². The van der Waals surface area contributed by atoms with Crippen LogP contribution in [0.3, 0.4) is 0 Å². The zero-order chi connectivity index (χ0) is 19.8. The van der Waals surface area contributed by atoms with Crippen LogP contribution in [0, 0.1) is 12.7 Å². The van der Waals surface area contributed by atoms with E-state index in [-0.39, 0.29) is 6.54 Å². The maximum absolute atomic E-state index is 13.5. The van der Waals surface area contributed by atoms with E-state index in [4.69, 9.17) is 4.74 Å². The Morgan fingerprint density at radius 1 is 1.14 bits per heavy atom. The summed E-state index contributed by atoms with van der Waals surface area (Å²) in [5.74, 6) is 0.233. The van der Waals surface area contributed by atoms with Crippen LogP contribution in [0.5, 0.6) is 5.75 Å². The van der Waals surface area contributed by atoms with E-state index in [2.05, 4.69) is 4.98 Å². The maximum Gasteiger partial charge on any atom is 0.329 e. The van der Waals surface area contributed by atoms with Gasteiger partial charge in [-0.1, -0.05) is 23.8 Å². The first-order valence-corrected chi connectivity index (χ1v) is 9.49. The second-order valence-corrected chi connectivity index (χ2v) is 7.39. The molecule has 4 aromatic rings. The average molecular weight is 396 g/mol. The molecule has 7 heteroatoms. The zero-order valence-electron chi connectivity index (χ0n) is 15.3. The van der Waals surface area contributed by atoms with Crippen molar-refractivity contribution in [2.24, 2.45) is 0 Å². The molecule has 0 saturated heterocycles. The molecule has 5 nitrogen and oxygen atoms in total. The largest absolute Gasteiger partial charge is 0.496 e. The van der Waals surface area contributed by atoms with E-state index in [1.807, 2.05) is 30.5 Å². The van der Waals surface area contributed by atoms with Crippen LogP contribution in [0.15, 0.2) is 57.4 Å². The molecule has 142 valence electrons. The number of aromatic nitrogens is 2. The third kappa shape index (κ3) is 3.14. The molecule has 0 atom stereocenters. The Morgan fingerprint density at radius 3 is 2.71 bits per heavy atom. The number of H-pyrrole nitrogens is 1. The normalized spacial score (nSPS) is 11.1. The number of nitrogens with one attached hydrogen (secondary N) is 1. The highest BCUT2D eigenvalue weighted by Crippen LogP contribution is 2.36. The Kier molecular flexibility index (Phi) is 4.60. The molecule has 28 heavy (non-hydrogen) atoms. The van der Waals surface area contributed by atoms with Gasteiger partial charge in [0.05, 0.1) is 19.0 Å². The Balaban J connectivity index is 1.94. The van der Waals surface area contributed by atoms with E-state index < -0.39 is 17.1 Å². The number of methoxy groups -OCH3 is 1. The number of hydrogen-bond acceptors (Lipinski definition) is 4. The SMILES string of the molecule is COc1ccc(C)cc1-c1csc2[nH]c(=O)n(Cc3cccc(F)c3)c(=O)c12. The minimum Gasteiger partial charge on any atom is -0.496 e. The standard InChI is InChI=1S/C21H17FN2O3S/c1-12-6-7-17(27-2)15(8-12)16-11-28-19-18(16)20(25)24(21(26)23-19)10-13-4-3-5-14(22)9-13/h3-9,11H,10H2,1-2H3,(H,23,26). The molecule has 4 rings (SSSR count). The number of fused-ring (bicyclic) bond motifs is 1. The van der Waals surface area contributed by atoms with Gasteiger partial charge >= 0.3 is 5.69 Å². The Bertz CT molecular complexity index is 1300. The number of halogens is 1. The lowest BCUT2D eigenvalue weighted by Gasteiger charge is -2.10. The van der Waals surface area contributed by atoms with Crippen LogP contribution in [0.4, 0.5) is 4.39 Å². The van der Waals surface area contributed by atoms with Crippen LogP contribution in [-0.2, 0) is 6.54 Å². The smallest absolute Gasteiger partial charge is 0.329 e. The zero-order valence-corrected chi connectivity index (χ0v) is 16.1. The molecule has 0 unspecified atom stereocenters. The van der Waals surface area contributed by atoms with E-state index in [1.165, 1.54) is 23.5 Å². The lowest BCUT2D eigenvalue weighted by Crippen LogP contribution is -2.35. The van der Waals surface area contributed by atoms with E-state index in [1.54, 1.807) is 19.2 Å². The number of aryl methyl sites for hydroxylation is 1. The second-order valence-electron chi connectivity index (χ2n) is 6.51. The summed E-state index contributed by atoms with van der Waals surface area (Å²) < 4.78 is 20.0. The molecule has 1 N–H and O–H groups in total. The highest BCUT2D eigenvalue weighted by Gasteiger charge is 2.18. The van der Waals surface area contributed by atoms with Gasteiger partial charge in [0.25, 0.3) is 5.56 Å². The van der Waals surface area contributed by atoms with Crippen LogP contribution in [-0.4, -0.2) is 16.7 Å². The number of hydrogen-bond donors (Lipinski definition) is 1. The van der Waals surface area contributed by atoms with Gasteiger partial charge in [0.1, 0.15) is 16.4 Å². The van der Waals surface area contributed by atoms with Gasteiger partial charge in [-0.15, -0.1) is 11.3 Å². The molecule has 2 heterocycles. The third-order valence-electron chi connectivity index (χ3n) is 4.59. The first-order valence-electron chi connectivity index (χ1n) is 8.61. The first-order chi connectivity index (χ1) is 13.5. The lowest BCUT2D eigenvalue weighted by atomic mass is 10.0. The van der Waals surface area contributed by atoms with Crippen molar-refractivity contribution >= 4 is 21.6 Å². The highest BCUT2D eigenvalue weighted by molar-refractivity contribution is 7.17. The monoisotopic (exact) mass is 396 g/mol. The highest BCUT2D eigenvalue weighted by atomic mass is 32.1. The van der Waals surface area contributed by atoms with Gasteiger partial charge in [-0.3, -0.25) is 14.3 Å². The minimum atomic E-state index is -0.522. The lowest BCUT2D eigenvalue weighted by molar-refractivity contribution is 0.416. The Hall–Kier alpha value is -3.19. The van der Waals surface area contributed by atoms with Crippen molar-refractivity contribution < 1.29 is 9.13 Å². The summed E-state index contributed by atoms with van der Waals surface area (Å²) in [5, 5.41) is 2.26. The van der Waals surface area contributed by atoms with Gasteiger partial charge in [-0.25, -0.2) is 9.18 Å². The van der Waals surface area contributed by atoms with E-state index in [0.717, 1.165) is 15.7 Å². The molecular weight excluding hydrogens is 379 g/mol. The molecular formula is C21H17FN2O3S. The number of thiophene rings is 1. The van der Waals surface area contributed by atoms with Crippen molar-refractivity contribution in [2.75, 3.05) is 7.11 Å². The fourth-order valence-electron chi connectivity index (χ4n) is 3.25. The summed E-state index contributed by atoms with van der Waals surface area (Å²) in [4.78, 5) is 28.9. The molecule has 0 aliphatic carbocycles. The number of benzene rings is 2. The molecule has 2 aromatic heterocycles. The van der Waals surface area contributed by atoms with Gasteiger partial charge in [0.2, 0.25) is 0 Å². The maximum atomic E-state index is 13.5. The van der Waals surface area contributed by atoms with E-state index >= 15 is 0 Å². The summed E-state index contributed by atoms with van der Waals surface area (Å²) in [6.45, 7) is 1.95. The Labute approximate surface area is 163 Å². The molecule has 2 aromatic carbocycles. The fraction of sp³-hybridized carbons (Fsp3) is 0.143. The average Bonchev–Trinajstić information content (AvgIpc) is 3.09. The minimum absolute atomic E-state index is 0.0118. The van der Waals surface area contributed by atoms with Gasteiger partial charge in [0.15, 0.2) is 0 Å². The van der Waals surface area contributed by atoms with Crippen molar-refractivity contribution in [3.05, 3.63) is 85.6 Å². The van der Waals surface area contributed by atoms with Crippen LogP contribution in [0.25, 0.3) is 21.3 Å². The van der Waals surface area contributed by atoms with Gasteiger partial charge in [-0.05, 0) is 36.8 Å². The van der Waals surface area contributed by atoms with Crippen LogP contribution in [0.2, 0.25) is 0 Å². The predicted octanol–water partition coefficient (Wildman–Crippen LogP) is 3.92. The number of aromatic amines is 1. The number of rotatable bonds is 4. The molecule has 0 amide bonds. The third-order valence-corrected chi connectivity index (χ3v) is 5.49. The Morgan fingerprint density at radius 2 is 1.96 bits per heavy atom. The van der Waals surface area contributed by atoms with Crippen molar-refractivity contribution in [1.82, 2.24) is 9.55 Å². The molecule has 0 aliphatic heterocycles. The van der Waals surface area contributed by atoms with Crippen LogP contribution >= 0.6 is 11.3 Å². The summed E-state index contributed by atoms with van der Waals surface area (Å²) in [6.07, 6.45) is 0. The molecule has 0 fully saturated rings. The van der Waals surface area contributed by atoms with Gasteiger partial charge < -0.3 is 4.74 Å². The number of ether oxygens (including phenoxy) is 1. The fourth-order valence-corrected chi connectivity index (χ4v) is 4.19. The van der Waals surface area contributed by atoms with Crippen LogP contribution in [0.1, 0.15) is 11.1 Å². The van der Waals surface area contributed by atoms with Crippen LogP contribution < -0.4 is 16.0 Å². The molecule has 0 aliphatic rings. The quantitative estimate of drug-likeness (QED) is 0.569. The number of nitrogens with zero attached hydrogens (tertiary/aromatic N) is 1. The summed E-state index contributed by atoms with van der Waals surface area (Å²) in [5.41, 5.74) is 2.12. The van der Waals surface area contributed by atoms with E-state index in [0.29, 0.717) is 27.1 Å². The van der Waals surface area contributed by atoms with Gasteiger partial charge in [-0.2, -0.15) is 0 Å². The summed E-state index contributed by atoms with van der Waals surface area (Å²) in [6, 6.07) is 11.6. The van der Waals surface area contributed by atoms with Crippen molar-refractivity contribution in [2.45, 2.75) is 13.5 Å². The molecule has 0 radical (unpaired) electrons. The molecule has 0 bridgehead atoms. The molecule has 0 spiro atoms. The second kappa shape index (κ2) is 7.09.